The van der Waals surface area contributed by atoms with E-state index in [2.05, 4.69) is 0 Å². The zero-order chi connectivity index (χ0) is 15.7. The summed E-state index contributed by atoms with van der Waals surface area (Å²) in [5.74, 6) is 2.47. The summed E-state index contributed by atoms with van der Waals surface area (Å²) in [6.07, 6.45) is 0. The Morgan fingerprint density at radius 2 is 1.64 bits per heavy atom. The molecule has 0 bridgehead atoms. The van der Waals surface area contributed by atoms with Crippen molar-refractivity contribution in [2.24, 2.45) is 0 Å². The minimum absolute atomic E-state index is 0.161. The van der Waals surface area contributed by atoms with E-state index in [1.807, 2.05) is 49.4 Å². The molecule has 0 saturated heterocycles. The average Bonchev–Trinajstić information content (AvgIpc) is 2.58. The van der Waals surface area contributed by atoms with E-state index >= 15 is 0 Å². The van der Waals surface area contributed by atoms with Gasteiger partial charge in [-0.15, -0.1) is 11.8 Å². The van der Waals surface area contributed by atoms with E-state index in [-0.39, 0.29) is 5.78 Å². The normalized spacial score (nSPS) is 20.4. The van der Waals surface area contributed by atoms with Gasteiger partial charge >= 0.3 is 0 Å². The van der Waals surface area contributed by atoms with Gasteiger partial charge in [-0.1, -0.05) is 12.1 Å². The van der Waals surface area contributed by atoms with Crippen LogP contribution in [-0.2, 0) is 5.41 Å². The molecule has 0 unspecified atom stereocenters. The number of thioether (sulfide) groups is 1. The third-order valence-electron chi connectivity index (χ3n) is 4.18. The van der Waals surface area contributed by atoms with E-state index in [4.69, 9.17) is 9.47 Å². The van der Waals surface area contributed by atoms with Crippen LogP contribution in [0.15, 0.2) is 47.4 Å². The summed E-state index contributed by atoms with van der Waals surface area (Å²) >= 11 is 1.70. The number of methoxy groups -OCH3 is 2. The third kappa shape index (κ3) is 2.37. The van der Waals surface area contributed by atoms with Gasteiger partial charge in [-0.3, -0.25) is 4.79 Å². The summed E-state index contributed by atoms with van der Waals surface area (Å²) in [6.45, 7) is 2.01. The molecule has 0 amide bonds. The van der Waals surface area contributed by atoms with Crippen LogP contribution in [0.25, 0.3) is 0 Å². The first kappa shape index (κ1) is 15.0. The second-order valence-corrected chi connectivity index (χ2v) is 6.56. The van der Waals surface area contributed by atoms with Crippen molar-refractivity contribution in [3.8, 4) is 11.5 Å². The maximum Gasteiger partial charge on any atom is 0.175 e. The lowest BCUT2D eigenvalue weighted by Crippen LogP contribution is -2.38. The predicted octanol–water partition coefficient (Wildman–Crippen LogP) is 3.95. The summed E-state index contributed by atoms with van der Waals surface area (Å²) in [6, 6.07) is 13.4. The summed E-state index contributed by atoms with van der Waals surface area (Å²) in [7, 11) is 3.28. The van der Waals surface area contributed by atoms with Gasteiger partial charge < -0.3 is 9.47 Å². The fraction of sp³-hybridized carbons (Fsp3) is 0.278. The van der Waals surface area contributed by atoms with Crippen LogP contribution < -0.4 is 9.47 Å². The molecular weight excluding hydrogens is 296 g/mol. The highest BCUT2D eigenvalue weighted by Crippen LogP contribution is 2.43. The molecule has 0 radical (unpaired) electrons. The van der Waals surface area contributed by atoms with E-state index in [0.717, 1.165) is 33.3 Å². The molecule has 0 fully saturated rings. The van der Waals surface area contributed by atoms with Crippen LogP contribution in [0, 0.1) is 0 Å². The van der Waals surface area contributed by atoms with Crippen LogP contribution in [-0.4, -0.2) is 25.8 Å². The molecular formula is C18H18O3S. The first-order chi connectivity index (χ1) is 10.6. The molecule has 1 aliphatic heterocycles. The zero-order valence-corrected chi connectivity index (χ0v) is 13.7. The molecule has 3 nitrogen and oxygen atoms in total. The Labute approximate surface area is 134 Å². The molecule has 0 N–H and O–H groups in total. The molecule has 0 aromatic heterocycles. The van der Waals surface area contributed by atoms with Crippen molar-refractivity contribution >= 4 is 17.5 Å². The smallest absolute Gasteiger partial charge is 0.175 e. The van der Waals surface area contributed by atoms with E-state index in [1.165, 1.54) is 0 Å². The highest BCUT2D eigenvalue weighted by Gasteiger charge is 2.40. The van der Waals surface area contributed by atoms with Crippen LogP contribution in [0.1, 0.15) is 22.8 Å². The average molecular weight is 314 g/mol. The lowest BCUT2D eigenvalue weighted by Gasteiger charge is -2.33. The number of hydrogen-bond acceptors (Lipinski definition) is 4. The summed E-state index contributed by atoms with van der Waals surface area (Å²) < 4.78 is 10.4. The molecule has 0 spiro atoms. The molecule has 1 heterocycles. The van der Waals surface area contributed by atoms with E-state index in [1.54, 1.807) is 26.0 Å². The number of Topliss-reactive ketones (excluding diaryl/α,β-unsaturated/α-hetero) is 1. The van der Waals surface area contributed by atoms with Crippen molar-refractivity contribution in [1.29, 1.82) is 0 Å². The molecule has 1 aliphatic rings. The molecule has 0 aliphatic carbocycles. The van der Waals surface area contributed by atoms with Crippen molar-refractivity contribution in [1.82, 2.24) is 0 Å². The minimum atomic E-state index is -0.515. The third-order valence-corrected chi connectivity index (χ3v) is 5.55. The largest absolute Gasteiger partial charge is 0.497 e. The van der Waals surface area contributed by atoms with Crippen molar-refractivity contribution in [2.45, 2.75) is 17.2 Å². The number of hydrogen-bond donors (Lipinski definition) is 0. The molecule has 2 aromatic rings. The summed E-state index contributed by atoms with van der Waals surface area (Å²) in [5.41, 5.74) is 1.28. The van der Waals surface area contributed by atoms with Gasteiger partial charge in [0.1, 0.15) is 11.5 Å². The number of rotatable bonds is 3. The van der Waals surface area contributed by atoms with E-state index in [0.29, 0.717) is 0 Å². The number of ketones is 1. The molecule has 3 rings (SSSR count). The topological polar surface area (TPSA) is 35.5 Å². The SMILES string of the molecule is COc1ccc([C@@]2(C)CSc3cc(OC)ccc3C2=O)cc1. The second-order valence-electron chi connectivity index (χ2n) is 5.54. The first-order valence-corrected chi connectivity index (χ1v) is 8.07. The highest BCUT2D eigenvalue weighted by atomic mass is 32.2. The van der Waals surface area contributed by atoms with Crippen molar-refractivity contribution in [2.75, 3.05) is 20.0 Å². The Hall–Kier alpha value is -1.94. The van der Waals surface area contributed by atoms with Gasteiger partial charge in [0.2, 0.25) is 0 Å². The van der Waals surface area contributed by atoms with Crippen LogP contribution in [0.5, 0.6) is 11.5 Å². The Morgan fingerprint density at radius 1 is 1.00 bits per heavy atom. The lowest BCUT2D eigenvalue weighted by molar-refractivity contribution is 0.0905. The van der Waals surface area contributed by atoms with Crippen LogP contribution in [0.4, 0.5) is 0 Å². The monoisotopic (exact) mass is 314 g/mol. The Kier molecular flexibility index (Phi) is 3.87. The molecule has 0 saturated carbocycles. The predicted molar refractivity (Wildman–Crippen MR) is 88.4 cm³/mol. The number of carbonyl (C=O) groups excluding carboxylic acids is 1. The van der Waals surface area contributed by atoms with Crippen molar-refractivity contribution < 1.29 is 14.3 Å². The fourth-order valence-electron chi connectivity index (χ4n) is 2.69. The number of carbonyl (C=O) groups is 1. The number of benzene rings is 2. The van der Waals surface area contributed by atoms with Gasteiger partial charge in [-0.25, -0.2) is 0 Å². The standard InChI is InChI=1S/C18H18O3S/c1-18(12-4-6-13(20-2)7-5-12)11-22-16-10-14(21-3)8-9-15(16)17(18)19/h4-10H,11H2,1-3H3/t18-/m1/s1. The van der Waals surface area contributed by atoms with E-state index < -0.39 is 5.41 Å². The van der Waals surface area contributed by atoms with Gasteiger partial charge in [0.25, 0.3) is 0 Å². The van der Waals surface area contributed by atoms with Gasteiger partial charge in [0, 0.05) is 16.2 Å². The van der Waals surface area contributed by atoms with Crippen LogP contribution >= 0.6 is 11.8 Å². The molecule has 4 heteroatoms. The second kappa shape index (κ2) is 5.69. The van der Waals surface area contributed by atoms with Crippen molar-refractivity contribution in [3.05, 3.63) is 53.6 Å². The van der Waals surface area contributed by atoms with Crippen LogP contribution in [0.3, 0.4) is 0 Å². The first-order valence-electron chi connectivity index (χ1n) is 7.08. The maximum absolute atomic E-state index is 13.0. The van der Waals surface area contributed by atoms with Crippen molar-refractivity contribution in [3.63, 3.8) is 0 Å². The van der Waals surface area contributed by atoms with Gasteiger partial charge in [0.15, 0.2) is 5.78 Å². The molecule has 2 aromatic carbocycles. The Bertz CT molecular complexity index is 709. The Balaban J connectivity index is 1.99. The molecule has 22 heavy (non-hydrogen) atoms. The zero-order valence-electron chi connectivity index (χ0n) is 12.9. The van der Waals surface area contributed by atoms with Gasteiger partial charge in [0.05, 0.1) is 19.6 Å². The van der Waals surface area contributed by atoms with E-state index in [9.17, 15) is 4.79 Å². The van der Waals surface area contributed by atoms with Gasteiger partial charge in [-0.05, 0) is 42.8 Å². The fourth-order valence-corrected chi connectivity index (χ4v) is 3.95. The number of ether oxygens (including phenoxy) is 2. The van der Waals surface area contributed by atoms with Crippen LogP contribution in [0.2, 0.25) is 0 Å². The highest BCUT2D eigenvalue weighted by molar-refractivity contribution is 7.99. The lowest BCUT2D eigenvalue weighted by atomic mass is 9.77. The summed E-state index contributed by atoms with van der Waals surface area (Å²) in [4.78, 5) is 14.0. The minimum Gasteiger partial charge on any atom is -0.497 e. The molecule has 114 valence electrons. The molecule has 1 atom stereocenters. The number of fused-ring (bicyclic) bond motifs is 1. The van der Waals surface area contributed by atoms with Gasteiger partial charge in [-0.2, -0.15) is 0 Å². The summed E-state index contributed by atoms with van der Waals surface area (Å²) in [5, 5.41) is 0. The Morgan fingerprint density at radius 3 is 2.27 bits per heavy atom. The quantitative estimate of drug-likeness (QED) is 0.859. The maximum atomic E-state index is 13.0.